The van der Waals surface area contributed by atoms with E-state index in [1.54, 1.807) is 7.05 Å². The SMILES string of the molecule is CN(CCN(C)C(=O)OC(C)(C)C)C[C@@H](O)CCl. The van der Waals surface area contributed by atoms with E-state index in [0.29, 0.717) is 19.6 Å². The highest BCUT2D eigenvalue weighted by molar-refractivity contribution is 6.18. The van der Waals surface area contributed by atoms with Gasteiger partial charge in [0.2, 0.25) is 0 Å². The lowest BCUT2D eigenvalue weighted by Crippen LogP contribution is -2.40. The van der Waals surface area contributed by atoms with Crippen LogP contribution in [0.15, 0.2) is 0 Å². The Morgan fingerprint density at radius 3 is 2.33 bits per heavy atom. The smallest absolute Gasteiger partial charge is 0.410 e. The molecule has 5 nitrogen and oxygen atoms in total. The first-order valence-corrected chi connectivity index (χ1v) is 6.56. The second kappa shape index (κ2) is 7.81. The van der Waals surface area contributed by atoms with Crippen molar-refractivity contribution >= 4 is 17.7 Å². The summed E-state index contributed by atoms with van der Waals surface area (Å²) in [7, 11) is 3.57. The van der Waals surface area contributed by atoms with Gasteiger partial charge in [-0.1, -0.05) is 0 Å². The first kappa shape index (κ1) is 17.5. The summed E-state index contributed by atoms with van der Waals surface area (Å²) in [5.74, 6) is 0.215. The lowest BCUT2D eigenvalue weighted by molar-refractivity contribution is 0.0282. The molecule has 1 atom stereocenters. The number of halogens is 1. The Morgan fingerprint density at radius 2 is 1.89 bits per heavy atom. The fourth-order valence-corrected chi connectivity index (χ4v) is 1.35. The molecule has 0 saturated carbocycles. The van der Waals surface area contributed by atoms with Gasteiger partial charge in [0.05, 0.1) is 6.10 Å². The van der Waals surface area contributed by atoms with E-state index >= 15 is 0 Å². The summed E-state index contributed by atoms with van der Waals surface area (Å²) in [5.41, 5.74) is -0.480. The summed E-state index contributed by atoms with van der Waals surface area (Å²) >= 11 is 5.52. The third-order valence-electron chi connectivity index (χ3n) is 2.22. The molecule has 0 aliphatic rings. The van der Waals surface area contributed by atoms with E-state index in [9.17, 15) is 9.90 Å². The number of aliphatic hydroxyl groups excluding tert-OH is 1. The number of nitrogens with zero attached hydrogens (tertiary/aromatic N) is 2. The first-order valence-electron chi connectivity index (χ1n) is 6.02. The first-order chi connectivity index (χ1) is 8.15. The van der Waals surface area contributed by atoms with E-state index in [1.807, 2.05) is 32.7 Å². The van der Waals surface area contributed by atoms with E-state index in [1.165, 1.54) is 4.90 Å². The van der Waals surface area contributed by atoms with Crippen molar-refractivity contribution in [3.05, 3.63) is 0 Å². The van der Waals surface area contributed by atoms with Gasteiger partial charge in [0, 0.05) is 32.6 Å². The number of hydrogen-bond acceptors (Lipinski definition) is 4. The lowest BCUT2D eigenvalue weighted by atomic mass is 10.2. The quantitative estimate of drug-likeness (QED) is 0.747. The van der Waals surface area contributed by atoms with Gasteiger partial charge in [-0.3, -0.25) is 0 Å². The molecule has 0 unspecified atom stereocenters. The molecule has 0 aromatic heterocycles. The molecule has 0 rings (SSSR count). The van der Waals surface area contributed by atoms with Crippen LogP contribution in [0, 0.1) is 0 Å². The maximum atomic E-state index is 11.7. The minimum atomic E-state index is -0.538. The Kier molecular flexibility index (Phi) is 7.59. The van der Waals surface area contributed by atoms with Crippen LogP contribution in [0.5, 0.6) is 0 Å². The van der Waals surface area contributed by atoms with Crippen LogP contribution in [0.4, 0.5) is 4.79 Å². The van der Waals surface area contributed by atoms with E-state index in [4.69, 9.17) is 16.3 Å². The van der Waals surface area contributed by atoms with Crippen molar-refractivity contribution in [1.29, 1.82) is 0 Å². The van der Waals surface area contributed by atoms with E-state index in [2.05, 4.69) is 0 Å². The molecular weight excluding hydrogens is 256 g/mol. The Bertz CT molecular complexity index is 256. The standard InChI is InChI=1S/C12H25ClN2O3/c1-12(2,3)18-11(17)15(5)7-6-14(4)9-10(16)8-13/h10,16H,6-9H2,1-5H3/t10-/m0/s1. The largest absolute Gasteiger partial charge is 0.444 e. The number of carbonyl (C=O) groups is 1. The summed E-state index contributed by atoms with van der Waals surface area (Å²) in [6.07, 6.45) is -0.878. The molecule has 0 aromatic rings. The van der Waals surface area contributed by atoms with Crippen LogP contribution >= 0.6 is 11.6 Å². The Hall–Kier alpha value is -0.520. The molecule has 0 bridgehead atoms. The van der Waals surface area contributed by atoms with Crippen LogP contribution < -0.4 is 0 Å². The van der Waals surface area contributed by atoms with Crippen molar-refractivity contribution in [3.8, 4) is 0 Å². The topological polar surface area (TPSA) is 53.0 Å². The fourth-order valence-electron chi connectivity index (χ4n) is 1.25. The number of aliphatic hydroxyl groups is 1. The summed E-state index contributed by atoms with van der Waals surface area (Å²) in [4.78, 5) is 15.1. The van der Waals surface area contributed by atoms with Crippen LogP contribution in [0.2, 0.25) is 0 Å². The molecule has 18 heavy (non-hydrogen) atoms. The zero-order valence-corrected chi connectivity index (χ0v) is 12.7. The molecule has 0 aliphatic carbocycles. The third kappa shape index (κ3) is 8.55. The molecule has 0 fully saturated rings. The predicted molar refractivity (Wildman–Crippen MR) is 73.1 cm³/mol. The van der Waals surface area contributed by atoms with Gasteiger partial charge in [-0.2, -0.15) is 0 Å². The van der Waals surface area contributed by atoms with Gasteiger partial charge in [-0.15, -0.1) is 11.6 Å². The second-order valence-corrected chi connectivity index (χ2v) is 5.78. The van der Waals surface area contributed by atoms with Crippen molar-refractivity contribution in [2.75, 3.05) is 39.6 Å². The number of ether oxygens (including phenoxy) is 1. The molecule has 108 valence electrons. The number of likely N-dealkylation sites (N-methyl/N-ethyl adjacent to an activating group) is 2. The molecule has 0 spiro atoms. The van der Waals surface area contributed by atoms with Gasteiger partial charge in [0.25, 0.3) is 0 Å². The zero-order valence-electron chi connectivity index (χ0n) is 11.9. The van der Waals surface area contributed by atoms with Gasteiger partial charge in [0.1, 0.15) is 5.60 Å². The predicted octanol–water partition coefficient (Wildman–Crippen LogP) is 1.38. The summed E-state index contributed by atoms with van der Waals surface area (Å²) in [5, 5.41) is 9.38. The van der Waals surface area contributed by atoms with Gasteiger partial charge < -0.3 is 19.6 Å². The fraction of sp³-hybridized carbons (Fsp3) is 0.917. The number of alkyl halides is 1. The monoisotopic (exact) mass is 280 g/mol. The minimum Gasteiger partial charge on any atom is -0.444 e. The van der Waals surface area contributed by atoms with Crippen LogP contribution in [-0.2, 0) is 4.74 Å². The average molecular weight is 281 g/mol. The Balaban J connectivity index is 3.95. The summed E-state index contributed by atoms with van der Waals surface area (Å²) < 4.78 is 5.23. The van der Waals surface area contributed by atoms with E-state index in [-0.39, 0.29) is 12.0 Å². The van der Waals surface area contributed by atoms with Crippen LogP contribution in [-0.4, -0.2) is 72.3 Å². The molecule has 1 N–H and O–H groups in total. The van der Waals surface area contributed by atoms with E-state index < -0.39 is 11.7 Å². The van der Waals surface area contributed by atoms with Crippen molar-refractivity contribution < 1.29 is 14.6 Å². The van der Waals surface area contributed by atoms with Crippen LogP contribution in [0.1, 0.15) is 20.8 Å². The van der Waals surface area contributed by atoms with Crippen molar-refractivity contribution in [2.24, 2.45) is 0 Å². The number of rotatable bonds is 6. The van der Waals surface area contributed by atoms with Crippen molar-refractivity contribution in [2.45, 2.75) is 32.5 Å². The third-order valence-corrected chi connectivity index (χ3v) is 2.58. The maximum absolute atomic E-state index is 11.7. The summed E-state index contributed by atoms with van der Waals surface area (Å²) in [6.45, 7) is 7.20. The van der Waals surface area contributed by atoms with Crippen LogP contribution in [0.25, 0.3) is 0 Å². The highest BCUT2D eigenvalue weighted by Crippen LogP contribution is 2.08. The van der Waals surface area contributed by atoms with Crippen molar-refractivity contribution in [3.63, 3.8) is 0 Å². The maximum Gasteiger partial charge on any atom is 0.410 e. The van der Waals surface area contributed by atoms with Crippen LogP contribution in [0.3, 0.4) is 0 Å². The number of amides is 1. The normalized spacial score (nSPS) is 13.6. The lowest BCUT2D eigenvalue weighted by Gasteiger charge is -2.26. The van der Waals surface area contributed by atoms with Gasteiger partial charge in [-0.25, -0.2) is 4.79 Å². The number of hydrogen-bond donors (Lipinski definition) is 1. The van der Waals surface area contributed by atoms with Gasteiger partial charge in [0.15, 0.2) is 0 Å². The molecule has 0 heterocycles. The molecule has 0 saturated heterocycles. The Morgan fingerprint density at radius 1 is 1.33 bits per heavy atom. The van der Waals surface area contributed by atoms with Gasteiger partial charge in [-0.05, 0) is 27.8 Å². The molecular formula is C12H25ClN2O3. The summed E-state index contributed by atoms with van der Waals surface area (Å²) in [6, 6.07) is 0. The number of carbonyl (C=O) groups excluding carboxylic acids is 1. The van der Waals surface area contributed by atoms with Gasteiger partial charge >= 0.3 is 6.09 Å². The molecule has 0 radical (unpaired) electrons. The minimum absolute atomic E-state index is 0.215. The highest BCUT2D eigenvalue weighted by atomic mass is 35.5. The Labute approximate surface area is 115 Å². The molecule has 0 aromatic carbocycles. The van der Waals surface area contributed by atoms with Crippen molar-refractivity contribution in [1.82, 2.24) is 9.80 Å². The second-order valence-electron chi connectivity index (χ2n) is 5.47. The zero-order chi connectivity index (χ0) is 14.3. The average Bonchev–Trinajstić information content (AvgIpc) is 2.23. The van der Waals surface area contributed by atoms with E-state index in [0.717, 1.165) is 0 Å². The molecule has 6 heteroatoms. The highest BCUT2D eigenvalue weighted by Gasteiger charge is 2.19. The molecule has 0 aliphatic heterocycles. The molecule has 1 amide bonds.